The van der Waals surface area contributed by atoms with Crippen molar-refractivity contribution in [3.05, 3.63) is 83.9 Å². The fourth-order valence-electron chi connectivity index (χ4n) is 2.92. The Morgan fingerprint density at radius 2 is 1.67 bits per heavy atom. The van der Waals surface area contributed by atoms with Crippen molar-refractivity contribution in [2.24, 2.45) is 10.9 Å². The molecule has 0 aliphatic carbocycles. The maximum absolute atomic E-state index is 13.1. The number of hydrogen-bond acceptors (Lipinski definition) is 4. The molecule has 0 aliphatic rings. The van der Waals surface area contributed by atoms with Crippen molar-refractivity contribution in [3.8, 4) is 0 Å². The quantitative estimate of drug-likeness (QED) is 0.271. The molecule has 0 bridgehead atoms. The van der Waals surface area contributed by atoms with Crippen LogP contribution in [0.5, 0.6) is 0 Å². The van der Waals surface area contributed by atoms with Crippen molar-refractivity contribution in [1.82, 2.24) is 0 Å². The van der Waals surface area contributed by atoms with Gasteiger partial charge in [0.1, 0.15) is 0 Å². The highest BCUT2D eigenvalue weighted by molar-refractivity contribution is 6.22. The van der Waals surface area contributed by atoms with Gasteiger partial charge in [-0.05, 0) is 23.3 Å². The highest BCUT2D eigenvalue weighted by Gasteiger charge is 2.28. The monoisotopic (exact) mass is 359 g/mol. The number of carbonyl (C=O) groups is 2. The third-order valence-corrected chi connectivity index (χ3v) is 4.25. The van der Waals surface area contributed by atoms with Gasteiger partial charge in [-0.2, -0.15) is 0 Å². The lowest BCUT2D eigenvalue weighted by atomic mass is 9.94. The molecule has 3 aromatic carbocycles. The minimum Gasteiger partial charge on any atom is -0.465 e. The summed E-state index contributed by atoms with van der Waals surface area (Å²) in [7, 11) is 0. The Bertz CT molecular complexity index is 958. The topological polar surface area (TPSA) is 55.7 Å². The number of aliphatic imine (C=N–C) groups is 1. The van der Waals surface area contributed by atoms with Crippen LogP contribution in [0.2, 0.25) is 0 Å². The number of ether oxygens (including phenoxy) is 1. The number of nitrogens with zero attached hydrogens (tertiary/aromatic N) is 1. The van der Waals surface area contributed by atoms with Gasteiger partial charge in [0.15, 0.2) is 11.7 Å². The van der Waals surface area contributed by atoms with E-state index >= 15 is 0 Å². The first kappa shape index (κ1) is 18.5. The molecule has 27 heavy (non-hydrogen) atoms. The van der Waals surface area contributed by atoms with E-state index in [9.17, 15) is 9.59 Å². The Balaban J connectivity index is 1.90. The molecule has 0 amide bonds. The first-order chi connectivity index (χ1) is 13.2. The summed E-state index contributed by atoms with van der Waals surface area (Å²) < 4.78 is 5.11. The summed E-state index contributed by atoms with van der Waals surface area (Å²) in [4.78, 5) is 29.9. The van der Waals surface area contributed by atoms with Crippen LogP contribution in [0.3, 0.4) is 0 Å². The molecular formula is C23H21NO3. The predicted octanol–water partition coefficient (Wildman–Crippen LogP) is 4.47. The Hall–Kier alpha value is -3.27. The molecule has 0 fully saturated rings. The maximum Gasteiger partial charge on any atom is 0.322 e. The van der Waals surface area contributed by atoms with Gasteiger partial charge in [0, 0.05) is 11.8 Å². The van der Waals surface area contributed by atoms with E-state index in [2.05, 4.69) is 4.99 Å². The van der Waals surface area contributed by atoms with Crippen LogP contribution in [0.1, 0.15) is 22.8 Å². The second-order valence-electron chi connectivity index (χ2n) is 6.10. The Labute approximate surface area is 158 Å². The number of benzene rings is 3. The predicted molar refractivity (Wildman–Crippen MR) is 107 cm³/mol. The van der Waals surface area contributed by atoms with Crippen LogP contribution >= 0.6 is 0 Å². The highest BCUT2D eigenvalue weighted by atomic mass is 16.5. The van der Waals surface area contributed by atoms with E-state index in [-0.39, 0.29) is 12.4 Å². The molecule has 0 heterocycles. The van der Waals surface area contributed by atoms with Gasteiger partial charge in [0.05, 0.1) is 13.2 Å². The minimum atomic E-state index is -1.06. The van der Waals surface area contributed by atoms with E-state index in [0.29, 0.717) is 12.1 Å². The van der Waals surface area contributed by atoms with E-state index in [1.165, 1.54) is 6.21 Å². The van der Waals surface area contributed by atoms with Gasteiger partial charge in [-0.15, -0.1) is 0 Å². The summed E-state index contributed by atoms with van der Waals surface area (Å²) >= 11 is 0. The lowest BCUT2D eigenvalue weighted by Gasteiger charge is -2.12. The lowest BCUT2D eigenvalue weighted by Crippen LogP contribution is -2.28. The lowest BCUT2D eigenvalue weighted by molar-refractivity contribution is -0.143. The number of rotatable bonds is 7. The van der Waals surface area contributed by atoms with Crippen LogP contribution in [0, 0.1) is 5.92 Å². The number of ketones is 1. The zero-order chi connectivity index (χ0) is 19.1. The summed E-state index contributed by atoms with van der Waals surface area (Å²) in [5.74, 6) is -1.94. The standard InChI is InChI=1S/C23H21NO3/c1-2-27-23(26)21(16-24-15-17-9-4-3-5-10-17)22(25)20-14-8-12-18-11-6-7-13-19(18)20/h3-14,16,21H,2,15H2,1H3. The van der Waals surface area contributed by atoms with Gasteiger partial charge in [0.25, 0.3) is 0 Å². The molecule has 1 atom stereocenters. The van der Waals surface area contributed by atoms with E-state index in [4.69, 9.17) is 4.74 Å². The second kappa shape index (κ2) is 8.90. The Kier molecular flexibility index (Phi) is 6.10. The summed E-state index contributed by atoms with van der Waals surface area (Å²) in [5.41, 5.74) is 1.51. The van der Waals surface area contributed by atoms with Gasteiger partial charge < -0.3 is 4.74 Å². The Morgan fingerprint density at radius 1 is 0.963 bits per heavy atom. The molecule has 4 nitrogen and oxygen atoms in total. The van der Waals surface area contributed by atoms with E-state index < -0.39 is 11.9 Å². The van der Waals surface area contributed by atoms with Gasteiger partial charge >= 0.3 is 5.97 Å². The smallest absolute Gasteiger partial charge is 0.322 e. The second-order valence-corrected chi connectivity index (χ2v) is 6.10. The number of carbonyl (C=O) groups excluding carboxylic acids is 2. The van der Waals surface area contributed by atoms with Crippen LogP contribution in [0.25, 0.3) is 10.8 Å². The van der Waals surface area contributed by atoms with Crippen LogP contribution in [0.15, 0.2) is 77.8 Å². The first-order valence-electron chi connectivity index (χ1n) is 8.93. The highest BCUT2D eigenvalue weighted by Crippen LogP contribution is 2.21. The molecule has 0 aliphatic heterocycles. The molecule has 1 unspecified atom stereocenters. The first-order valence-corrected chi connectivity index (χ1v) is 8.93. The average Bonchev–Trinajstić information content (AvgIpc) is 2.71. The molecular weight excluding hydrogens is 338 g/mol. The van der Waals surface area contributed by atoms with Crippen molar-refractivity contribution in [3.63, 3.8) is 0 Å². The van der Waals surface area contributed by atoms with Crippen LogP contribution < -0.4 is 0 Å². The zero-order valence-corrected chi connectivity index (χ0v) is 15.2. The van der Waals surface area contributed by atoms with E-state index in [1.54, 1.807) is 13.0 Å². The molecule has 3 rings (SSSR count). The third kappa shape index (κ3) is 4.47. The van der Waals surface area contributed by atoms with E-state index in [0.717, 1.165) is 16.3 Å². The van der Waals surface area contributed by atoms with Crippen molar-refractivity contribution >= 4 is 28.7 Å². The fraction of sp³-hybridized carbons (Fsp3) is 0.174. The maximum atomic E-state index is 13.1. The fourth-order valence-corrected chi connectivity index (χ4v) is 2.92. The number of Topliss-reactive ketones (excluding diaryl/α,β-unsaturated/α-hetero) is 1. The molecule has 0 saturated heterocycles. The molecule has 0 spiro atoms. The molecule has 3 aromatic rings. The minimum absolute atomic E-state index is 0.213. The molecule has 0 N–H and O–H groups in total. The van der Waals surface area contributed by atoms with Gasteiger partial charge in [-0.1, -0.05) is 72.8 Å². The SMILES string of the molecule is CCOC(=O)C(C=NCc1ccccc1)C(=O)c1cccc2ccccc12. The van der Waals surface area contributed by atoms with Crippen LogP contribution in [0.4, 0.5) is 0 Å². The van der Waals surface area contributed by atoms with Crippen LogP contribution in [-0.2, 0) is 16.1 Å². The molecule has 0 radical (unpaired) electrons. The number of hydrogen-bond donors (Lipinski definition) is 0. The van der Waals surface area contributed by atoms with Crippen LogP contribution in [-0.4, -0.2) is 24.6 Å². The number of esters is 1. The van der Waals surface area contributed by atoms with Crippen molar-refractivity contribution in [2.45, 2.75) is 13.5 Å². The zero-order valence-electron chi connectivity index (χ0n) is 15.2. The molecule has 0 aromatic heterocycles. The van der Waals surface area contributed by atoms with Gasteiger partial charge in [-0.3, -0.25) is 14.6 Å². The molecule has 0 saturated carbocycles. The largest absolute Gasteiger partial charge is 0.465 e. The average molecular weight is 359 g/mol. The summed E-state index contributed by atoms with van der Waals surface area (Å²) in [6.45, 7) is 2.34. The Morgan fingerprint density at radius 3 is 2.44 bits per heavy atom. The van der Waals surface area contributed by atoms with Gasteiger partial charge in [0.2, 0.25) is 0 Å². The van der Waals surface area contributed by atoms with Gasteiger partial charge in [-0.25, -0.2) is 0 Å². The third-order valence-electron chi connectivity index (χ3n) is 4.25. The van der Waals surface area contributed by atoms with E-state index in [1.807, 2.05) is 66.7 Å². The summed E-state index contributed by atoms with van der Waals surface area (Å²) in [5, 5.41) is 1.77. The van der Waals surface area contributed by atoms with Crippen molar-refractivity contribution in [1.29, 1.82) is 0 Å². The summed E-state index contributed by atoms with van der Waals surface area (Å²) in [6.07, 6.45) is 1.41. The molecule has 136 valence electrons. The summed E-state index contributed by atoms with van der Waals surface area (Å²) in [6, 6.07) is 22.8. The van der Waals surface area contributed by atoms with Crippen molar-refractivity contribution in [2.75, 3.05) is 6.61 Å². The number of fused-ring (bicyclic) bond motifs is 1. The normalized spacial score (nSPS) is 12.2. The van der Waals surface area contributed by atoms with Crippen molar-refractivity contribution < 1.29 is 14.3 Å². The molecule has 4 heteroatoms.